The Labute approximate surface area is 236 Å². The van der Waals surface area contributed by atoms with Crippen LogP contribution >= 0.6 is 0 Å². The third-order valence-electron chi connectivity index (χ3n) is 7.34. The van der Waals surface area contributed by atoms with Gasteiger partial charge in [0.15, 0.2) is 0 Å². The largest absolute Gasteiger partial charge is 0.506 e. The van der Waals surface area contributed by atoms with Crippen LogP contribution in [-0.4, -0.2) is 53.7 Å². The Morgan fingerprint density at radius 1 is 1.12 bits per heavy atom. The van der Waals surface area contributed by atoms with Crippen molar-refractivity contribution >= 4 is 29.5 Å². The third kappa shape index (κ3) is 7.24. The van der Waals surface area contributed by atoms with Crippen LogP contribution in [0, 0.1) is 12.8 Å². The number of hydrogen-bond acceptors (Lipinski definition) is 5. The molecule has 8 heteroatoms. The van der Waals surface area contributed by atoms with Gasteiger partial charge in [-0.15, -0.1) is 0 Å². The van der Waals surface area contributed by atoms with Crippen LogP contribution in [0.4, 0.5) is 0 Å². The molecule has 0 fully saturated rings. The number of nitrogens with zero attached hydrogens (tertiary/aromatic N) is 2. The zero-order valence-electron chi connectivity index (χ0n) is 23.7. The van der Waals surface area contributed by atoms with Gasteiger partial charge in [0.1, 0.15) is 5.75 Å². The fourth-order valence-electron chi connectivity index (χ4n) is 5.24. The summed E-state index contributed by atoms with van der Waals surface area (Å²) in [4.78, 5) is 25.4. The molecular formula is C32H38BN3O4. The van der Waals surface area contributed by atoms with E-state index in [9.17, 15) is 14.7 Å². The number of amides is 1. The number of phenolic OH excluding ortho intramolecular Hbond substituents is 1. The molecule has 1 amide bonds. The Balaban J connectivity index is 1.36. The van der Waals surface area contributed by atoms with Gasteiger partial charge >= 0.3 is 114 Å². The average Bonchev–Trinajstić information content (AvgIpc) is 3.37. The molecule has 0 radical (unpaired) electrons. The Hall–Kier alpha value is -3.78. The maximum absolute atomic E-state index is 13.0. The van der Waals surface area contributed by atoms with Crippen molar-refractivity contribution in [2.75, 3.05) is 20.3 Å². The van der Waals surface area contributed by atoms with Crippen LogP contribution in [0.25, 0.3) is 22.0 Å². The number of fused-ring (bicyclic) bond motifs is 1. The first-order valence-corrected chi connectivity index (χ1v) is 14.1. The molecule has 0 saturated heterocycles. The van der Waals surface area contributed by atoms with Crippen molar-refractivity contribution in [1.29, 1.82) is 0 Å². The number of carbonyl (C=O) groups excluding carboxylic acids is 2. The number of aromatic hydroxyl groups is 1. The fraction of sp³-hybridized carbons (Fsp3) is 0.375. The number of aromatic nitrogens is 2. The topological polar surface area (TPSA) is 93.5 Å². The summed E-state index contributed by atoms with van der Waals surface area (Å²) in [5.74, 6) is 4.16. The number of nitrogens with one attached hydrogen (secondary N) is 1. The first-order chi connectivity index (χ1) is 19.4. The number of hydrogen-bond donors (Lipinski definition) is 2. The van der Waals surface area contributed by atoms with Gasteiger partial charge in [-0.25, -0.2) is 0 Å². The van der Waals surface area contributed by atoms with E-state index in [4.69, 9.17) is 4.74 Å². The molecule has 0 spiro atoms. The molecule has 4 aromatic rings. The quantitative estimate of drug-likeness (QED) is 0.154. The summed E-state index contributed by atoms with van der Waals surface area (Å²) < 4.78 is 6.82. The average molecular weight is 539 g/mol. The molecule has 0 aliphatic heterocycles. The number of Topliss-reactive ketones (excluding diaryl/α,β-unsaturated/α-hetero) is 1. The van der Waals surface area contributed by atoms with Crippen LogP contribution in [0.3, 0.4) is 0 Å². The van der Waals surface area contributed by atoms with Gasteiger partial charge in [-0.1, -0.05) is 13.3 Å². The normalized spacial score (nSPS) is 11.9. The van der Waals surface area contributed by atoms with Gasteiger partial charge in [-0.05, 0) is 18.6 Å². The predicted molar refractivity (Wildman–Crippen MR) is 160 cm³/mol. The molecule has 0 aliphatic rings. The van der Waals surface area contributed by atoms with E-state index in [0.717, 1.165) is 47.9 Å². The van der Waals surface area contributed by atoms with E-state index in [0.29, 0.717) is 42.9 Å². The van der Waals surface area contributed by atoms with Crippen molar-refractivity contribution in [2.45, 2.75) is 52.5 Å². The molecule has 1 atom stereocenters. The Morgan fingerprint density at radius 2 is 1.93 bits per heavy atom. The van der Waals surface area contributed by atoms with Gasteiger partial charge in [0.25, 0.3) is 5.91 Å². The molecule has 208 valence electrons. The summed E-state index contributed by atoms with van der Waals surface area (Å²) in [7, 11) is 1.57. The maximum Gasteiger partial charge on any atom is 0.255 e. The Morgan fingerprint density at radius 3 is 2.65 bits per heavy atom. The fourth-order valence-corrected chi connectivity index (χ4v) is 5.24. The van der Waals surface area contributed by atoms with Crippen molar-refractivity contribution in [3.63, 3.8) is 0 Å². The molecule has 0 bridgehead atoms. The predicted octanol–water partition coefficient (Wildman–Crippen LogP) is 5.90. The minimum atomic E-state index is -0.345. The van der Waals surface area contributed by atoms with Gasteiger partial charge in [0.05, 0.1) is 23.1 Å². The van der Waals surface area contributed by atoms with E-state index in [1.165, 1.54) is 0 Å². The van der Waals surface area contributed by atoms with Crippen molar-refractivity contribution in [3.05, 3.63) is 77.3 Å². The first-order valence-electron chi connectivity index (χ1n) is 14.1. The van der Waals surface area contributed by atoms with E-state index in [1.54, 1.807) is 19.2 Å². The number of methoxy groups -OCH3 is 1. The van der Waals surface area contributed by atoms with E-state index in [2.05, 4.69) is 36.4 Å². The molecule has 40 heavy (non-hydrogen) atoms. The number of ketones is 1. The van der Waals surface area contributed by atoms with E-state index in [-0.39, 0.29) is 23.0 Å². The minimum absolute atomic E-state index is 0.0649. The van der Waals surface area contributed by atoms with Crippen molar-refractivity contribution in [1.82, 2.24) is 15.1 Å². The van der Waals surface area contributed by atoms with Crippen molar-refractivity contribution in [3.8, 4) is 16.9 Å². The van der Waals surface area contributed by atoms with Crippen LogP contribution in [0.5, 0.6) is 5.75 Å². The summed E-state index contributed by atoms with van der Waals surface area (Å²) in [5.41, 5.74) is 5.04. The maximum atomic E-state index is 13.0. The second-order valence-electron chi connectivity index (χ2n) is 10.4. The van der Waals surface area contributed by atoms with Crippen LogP contribution in [0.2, 0.25) is 0 Å². The summed E-state index contributed by atoms with van der Waals surface area (Å²) in [6.07, 6.45) is 6.09. The Kier molecular flexibility index (Phi) is 10.2. The molecule has 1 unspecified atom stereocenters. The first kappa shape index (κ1) is 29.2. The van der Waals surface area contributed by atoms with Gasteiger partial charge in [0.2, 0.25) is 0 Å². The second-order valence-corrected chi connectivity index (χ2v) is 10.4. The molecule has 2 aromatic heterocycles. The molecular weight excluding hydrogens is 501 g/mol. The smallest absolute Gasteiger partial charge is 0.255 e. The van der Waals surface area contributed by atoms with E-state index < -0.39 is 0 Å². The SMILES string of the molecule is CCCC(CCCC(=O)c1ccc(-c2ccbcc2)c(C)c1)Cn1cc2c(O)c(C(=O)NCCOC)ccc2n1. The third-order valence-corrected chi connectivity index (χ3v) is 7.34. The molecule has 0 aliphatic carbocycles. The molecule has 0 saturated carbocycles. The van der Waals surface area contributed by atoms with E-state index >= 15 is 0 Å². The van der Waals surface area contributed by atoms with Crippen LogP contribution in [0.1, 0.15) is 65.3 Å². The number of rotatable bonds is 14. The summed E-state index contributed by atoms with van der Waals surface area (Å²) in [5, 5.41) is 18.7. The zero-order valence-corrected chi connectivity index (χ0v) is 23.7. The number of phenols is 1. The molecule has 2 N–H and O–H groups in total. The number of carbonyl (C=O) groups is 2. The monoisotopic (exact) mass is 539 g/mol. The van der Waals surface area contributed by atoms with Crippen LogP contribution in [0.15, 0.2) is 60.6 Å². The Bertz CT molecular complexity index is 1450. The number of ether oxygens (including phenoxy) is 1. The summed E-state index contributed by atoms with van der Waals surface area (Å²) in [6, 6.07) is 13.5. The van der Waals surface area contributed by atoms with Gasteiger partial charge in [-0.2, -0.15) is 5.10 Å². The van der Waals surface area contributed by atoms with Crippen molar-refractivity contribution < 1.29 is 19.4 Å². The standard InChI is InChI=1S/C32H38BN3O4/c1-4-6-23(7-5-8-30(37)25-9-10-26(22(2)19-25)24-13-15-33-16-14-24)20-36-21-28-29(35-36)12-11-27(31(28)38)32(39)34-17-18-40-3/h9-16,19,21,23,38H,4-8,17-18,20H2,1-3H3,(H,34,39). The van der Waals surface area contributed by atoms with Crippen molar-refractivity contribution in [2.24, 2.45) is 5.92 Å². The summed E-state index contributed by atoms with van der Waals surface area (Å²) >= 11 is 0. The second kappa shape index (κ2) is 14.0. The molecule has 2 heterocycles. The van der Waals surface area contributed by atoms with Crippen LogP contribution in [-0.2, 0) is 11.3 Å². The number of aryl methyl sites for hydroxylation is 1. The number of benzene rings is 2. The zero-order chi connectivity index (χ0) is 28.5. The minimum Gasteiger partial charge on any atom is -0.506 e. The molecule has 2 aromatic carbocycles. The van der Waals surface area contributed by atoms with E-state index in [1.807, 2.05) is 47.9 Å². The van der Waals surface area contributed by atoms with Gasteiger partial charge in [-0.3, -0.25) is 9.48 Å². The summed E-state index contributed by atoms with van der Waals surface area (Å²) in [6.45, 7) is 7.68. The molecule has 4 rings (SSSR count). The molecule has 7 nitrogen and oxygen atoms in total. The van der Waals surface area contributed by atoms with Crippen LogP contribution < -0.4 is 5.32 Å². The van der Waals surface area contributed by atoms with Gasteiger partial charge < -0.3 is 15.2 Å². The van der Waals surface area contributed by atoms with Gasteiger partial charge in [0, 0.05) is 26.4 Å².